The van der Waals surface area contributed by atoms with E-state index in [4.69, 9.17) is 4.74 Å². The first-order valence-corrected chi connectivity index (χ1v) is 9.04. The number of nitrogens with zero attached hydrogens (tertiary/aromatic N) is 3. The van der Waals surface area contributed by atoms with Crippen molar-refractivity contribution in [1.82, 2.24) is 14.1 Å². The molecule has 0 N–H and O–H groups in total. The van der Waals surface area contributed by atoms with Gasteiger partial charge in [0.15, 0.2) is 5.03 Å². The number of hydrogen-bond acceptors (Lipinski definition) is 4. The molecule has 1 saturated heterocycles. The molecule has 2 aromatic rings. The van der Waals surface area contributed by atoms with E-state index < -0.39 is 21.7 Å². The second-order valence-corrected chi connectivity index (χ2v) is 8.31. The SMILES string of the molecule is Cn1nccc1S(=O)(=O)N1CC(c2cccc(F)c2)OCC1(C)C. The molecular formula is C16H20FN3O3S. The number of morpholine rings is 1. The standard InChI is InChI=1S/C16H20FN3O3S/c1-16(2)11-23-14(12-5-4-6-13(17)9-12)10-20(16)24(21,22)15-7-8-18-19(15)3/h4-9,14H,10-11H2,1-3H3. The lowest BCUT2D eigenvalue weighted by molar-refractivity contribution is -0.0657. The van der Waals surface area contributed by atoms with Gasteiger partial charge in [0.25, 0.3) is 10.0 Å². The van der Waals surface area contributed by atoms with Crippen LogP contribution in [0.25, 0.3) is 0 Å². The summed E-state index contributed by atoms with van der Waals surface area (Å²) in [5, 5.41) is 4.07. The van der Waals surface area contributed by atoms with Crippen LogP contribution in [0.15, 0.2) is 41.6 Å². The van der Waals surface area contributed by atoms with E-state index in [9.17, 15) is 12.8 Å². The minimum Gasteiger partial charge on any atom is -0.370 e. The molecule has 1 fully saturated rings. The minimum absolute atomic E-state index is 0.115. The first kappa shape index (κ1) is 17.1. The van der Waals surface area contributed by atoms with Gasteiger partial charge in [-0.3, -0.25) is 4.68 Å². The third-order valence-corrected chi connectivity index (χ3v) is 6.35. The Morgan fingerprint density at radius 1 is 1.33 bits per heavy atom. The van der Waals surface area contributed by atoms with Crippen LogP contribution in [0.3, 0.4) is 0 Å². The molecular weight excluding hydrogens is 333 g/mol. The van der Waals surface area contributed by atoms with Crippen LogP contribution >= 0.6 is 0 Å². The zero-order valence-electron chi connectivity index (χ0n) is 13.8. The molecule has 1 aromatic heterocycles. The number of benzene rings is 1. The number of hydrogen-bond donors (Lipinski definition) is 0. The van der Waals surface area contributed by atoms with Crippen molar-refractivity contribution < 1.29 is 17.5 Å². The molecule has 130 valence electrons. The molecule has 0 aliphatic carbocycles. The number of aryl methyl sites for hydroxylation is 1. The summed E-state index contributed by atoms with van der Waals surface area (Å²) >= 11 is 0. The van der Waals surface area contributed by atoms with Crippen molar-refractivity contribution in [1.29, 1.82) is 0 Å². The molecule has 1 aromatic carbocycles. The predicted octanol–water partition coefficient (Wildman–Crippen LogP) is 2.10. The van der Waals surface area contributed by atoms with Crippen LogP contribution in [0, 0.1) is 5.82 Å². The van der Waals surface area contributed by atoms with E-state index in [0.717, 1.165) is 0 Å². The first-order chi connectivity index (χ1) is 11.2. The second-order valence-electron chi connectivity index (χ2n) is 6.50. The maximum absolute atomic E-state index is 13.5. The summed E-state index contributed by atoms with van der Waals surface area (Å²) in [7, 11) is -2.16. The van der Waals surface area contributed by atoms with Crippen molar-refractivity contribution in [3.63, 3.8) is 0 Å². The van der Waals surface area contributed by atoms with Crippen LogP contribution in [0.4, 0.5) is 4.39 Å². The maximum atomic E-state index is 13.5. The van der Waals surface area contributed by atoms with E-state index in [1.165, 1.54) is 33.4 Å². The number of halogens is 1. The van der Waals surface area contributed by atoms with Crippen molar-refractivity contribution in [2.45, 2.75) is 30.5 Å². The second kappa shape index (κ2) is 5.94. The molecule has 24 heavy (non-hydrogen) atoms. The average molecular weight is 353 g/mol. The van der Waals surface area contributed by atoms with E-state index in [-0.39, 0.29) is 24.0 Å². The summed E-state index contributed by atoms with van der Waals surface area (Å²) in [5.74, 6) is -0.373. The summed E-state index contributed by atoms with van der Waals surface area (Å²) in [4.78, 5) is 0. The smallest absolute Gasteiger partial charge is 0.260 e. The van der Waals surface area contributed by atoms with Crippen LogP contribution in [0.5, 0.6) is 0 Å². The molecule has 0 bridgehead atoms. The molecule has 1 aliphatic heterocycles. The van der Waals surface area contributed by atoms with E-state index in [2.05, 4.69) is 5.10 Å². The zero-order valence-corrected chi connectivity index (χ0v) is 14.6. The van der Waals surface area contributed by atoms with Crippen molar-refractivity contribution >= 4 is 10.0 Å². The number of rotatable bonds is 3. The Bertz CT molecular complexity index is 848. The van der Waals surface area contributed by atoms with Gasteiger partial charge in [-0.05, 0) is 37.6 Å². The van der Waals surface area contributed by atoms with Gasteiger partial charge in [-0.1, -0.05) is 12.1 Å². The zero-order chi connectivity index (χ0) is 17.5. The third-order valence-electron chi connectivity index (χ3n) is 4.20. The topological polar surface area (TPSA) is 64.4 Å². The monoisotopic (exact) mass is 353 g/mol. The van der Waals surface area contributed by atoms with Crippen LogP contribution in [-0.4, -0.2) is 41.2 Å². The Labute approximate surface area is 140 Å². The van der Waals surface area contributed by atoms with E-state index in [0.29, 0.717) is 5.56 Å². The average Bonchev–Trinajstić information content (AvgIpc) is 2.93. The first-order valence-electron chi connectivity index (χ1n) is 7.60. The van der Waals surface area contributed by atoms with E-state index in [1.54, 1.807) is 19.2 Å². The predicted molar refractivity (Wildman–Crippen MR) is 86.3 cm³/mol. The summed E-state index contributed by atoms with van der Waals surface area (Å²) in [6.45, 7) is 3.95. The summed E-state index contributed by atoms with van der Waals surface area (Å²) in [6, 6.07) is 7.52. The molecule has 1 aliphatic rings. The van der Waals surface area contributed by atoms with Crippen LogP contribution in [0.2, 0.25) is 0 Å². The van der Waals surface area contributed by atoms with Crippen molar-refractivity contribution in [3.05, 3.63) is 47.9 Å². The molecule has 0 spiro atoms. The Kier molecular flexibility index (Phi) is 4.23. The number of aromatic nitrogens is 2. The number of sulfonamides is 1. The van der Waals surface area contributed by atoms with Crippen LogP contribution in [0.1, 0.15) is 25.5 Å². The Morgan fingerprint density at radius 2 is 2.08 bits per heavy atom. The highest BCUT2D eigenvalue weighted by molar-refractivity contribution is 7.89. The Balaban J connectivity index is 1.97. The van der Waals surface area contributed by atoms with Crippen molar-refractivity contribution in [2.24, 2.45) is 7.05 Å². The van der Waals surface area contributed by atoms with Gasteiger partial charge in [-0.15, -0.1) is 0 Å². The van der Waals surface area contributed by atoms with Crippen molar-refractivity contribution in [2.75, 3.05) is 13.2 Å². The van der Waals surface area contributed by atoms with E-state index in [1.807, 2.05) is 13.8 Å². The fourth-order valence-electron chi connectivity index (χ4n) is 2.89. The lowest BCUT2D eigenvalue weighted by atomic mass is 10.0. The van der Waals surface area contributed by atoms with Gasteiger partial charge in [0.2, 0.25) is 0 Å². The molecule has 0 saturated carbocycles. The van der Waals surface area contributed by atoms with Gasteiger partial charge in [0.1, 0.15) is 5.82 Å². The largest absolute Gasteiger partial charge is 0.370 e. The normalized spacial score (nSPS) is 21.8. The lowest BCUT2D eigenvalue weighted by Gasteiger charge is -2.44. The summed E-state index contributed by atoms with van der Waals surface area (Å²) in [6.07, 6.45) is 0.932. The fraction of sp³-hybridized carbons (Fsp3) is 0.438. The van der Waals surface area contributed by atoms with Crippen LogP contribution in [-0.2, 0) is 21.8 Å². The highest BCUT2D eigenvalue weighted by Crippen LogP contribution is 2.34. The van der Waals surface area contributed by atoms with Crippen molar-refractivity contribution in [3.8, 4) is 0 Å². The lowest BCUT2D eigenvalue weighted by Crippen LogP contribution is -2.56. The number of ether oxygens (including phenoxy) is 1. The molecule has 3 rings (SSSR count). The Morgan fingerprint density at radius 3 is 2.71 bits per heavy atom. The van der Waals surface area contributed by atoms with Gasteiger partial charge >= 0.3 is 0 Å². The highest BCUT2D eigenvalue weighted by atomic mass is 32.2. The van der Waals surface area contributed by atoms with E-state index >= 15 is 0 Å². The minimum atomic E-state index is -3.75. The molecule has 0 amide bonds. The maximum Gasteiger partial charge on any atom is 0.260 e. The molecule has 6 nitrogen and oxygen atoms in total. The molecule has 1 unspecified atom stereocenters. The Hall–Kier alpha value is -1.77. The van der Waals surface area contributed by atoms with Gasteiger partial charge < -0.3 is 4.74 Å². The van der Waals surface area contributed by atoms with Crippen LogP contribution < -0.4 is 0 Å². The molecule has 8 heteroatoms. The highest BCUT2D eigenvalue weighted by Gasteiger charge is 2.44. The quantitative estimate of drug-likeness (QED) is 0.848. The van der Waals surface area contributed by atoms with Gasteiger partial charge in [-0.2, -0.15) is 9.40 Å². The van der Waals surface area contributed by atoms with Gasteiger partial charge in [-0.25, -0.2) is 12.8 Å². The molecule has 1 atom stereocenters. The fourth-order valence-corrected chi connectivity index (χ4v) is 4.76. The third kappa shape index (κ3) is 2.97. The molecule has 0 radical (unpaired) electrons. The van der Waals surface area contributed by atoms with Gasteiger partial charge in [0.05, 0.1) is 24.4 Å². The molecule has 2 heterocycles. The summed E-state index contributed by atoms with van der Waals surface area (Å²) in [5.41, 5.74) is -0.0943. The van der Waals surface area contributed by atoms with Gasteiger partial charge in [0, 0.05) is 13.6 Å². The summed E-state index contributed by atoms with van der Waals surface area (Å²) < 4.78 is 48.2.